The molecule has 5 heteroatoms. The van der Waals surface area contributed by atoms with Gasteiger partial charge in [-0.05, 0) is 13.8 Å². The Kier molecular flexibility index (Phi) is 3.78. The molecule has 0 aromatic rings. The highest BCUT2D eigenvalue weighted by Gasteiger charge is 2.31. The molecule has 0 bridgehead atoms. The van der Waals surface area contributed by atoms with Gasteiger partial charge in [-0.25, -0.2) is 0 Å². The highest BCUT2D eigenvalue weighted by molar-refractivity contribution is 5.81. The molecule has 16 heavy (non-hydrogen) atoms. The Labute approximate surface area is 96.1 Å². The Morgan fingerprint density at radius 2 is 2.00 bits per heavy atom. The van der Waals surface area contributed by atoms with Crippen LogP contribution in [0.5, 0.6) is 0 Å². The summed E-state index contributed by atoms with van der Waals surface area (Å²) >= 11 is 0. The van der Waals surface area contributed by atoms with Crippen molar-refractivity contribution in [2.75, 3.05) is 32.8 Å². The van der Waals surface area contributed by atoms with Crippen molar-refractivity contribution in [3.8, 4) is 0 Å². The van der Waals surface area contributed by atoms with E-state index >= 15 is 0 Å². The van der Waals surface area contributed by atoms with Crippen LogP contribution in [-0.2, 0) is 14.3 Å². The van der Waals surface area contributed by atoms with E-state index in [2.05, 4.69) is 5.32 Å². The van der Waals surface area contributed by atoms with E-state index in [1.165, 1.54) is 0 Å². The Hall–Kier alpha value is -0.650. The maximum atomic E-state index is 12.1. The van der Waals surface area contributed by atoms with Crippen LogP contribution in [0.15, 0.2) is 0 Å². The summed E-state index contributed by atoms with van der Waals surface area (Å²) < 4.78 is 11.1. The Bertz CT molecular complexity index is 244. The van der Waals surface area contributed by atoms with Gasteiger partial charge in [0.25, 0.3) is 5.91 Å². The number of carbonyl (C=O) groups excluding carboxylic acids is 1. The third kappa shape index (κ3) is 2.72. The molecule has 5 nitrogen and oxygen atoms in total. The van der Waals surface area contributed by atoms with Crippen LogP contribution < -0.4 is 5.32 Å². The minimum atomic E-state index is -0.314. The number of hydrogen-bond donors (Lipinski definition) is 1. The number of rotatable bonds is 1. The molecule has 0 spiro atoms. The molecule has 0 saturated carbocycles. The molecule has 0 aliphatic carbocycles. The van der Waals surface area contributed by atoms with Crippen molar-refractivity contribution in [2.24, 2.45) is 0 Å². The van der Waals surface area contributed by atoms with E-state index < -0.39 is 0 Å². The van der Waals surface area contributed by atoms with Crippen molar-refractivity contribution in [3.05, 3.63) is 0 Å². The van der Waals surface area contributed by atoms with Gasteiger partial charge in [0.1, 0.15) is 6.10 Å². The van der Waals surface area contributed by atoms with Crippen LogP contribution >= 0.6 is 0 Å². The lowest BCUT2D eigenvalue weighted by molar-refractivity contribution is -0.156. The lowest BCUT2D eigenvalue weighted by atomic mass is 10.2. The van der Waals surface area contributed by atoms with Gasteiger partial charge < -0.3 is 19.7 Å². The third-order valence-corrected chi connectivity index (χ3v) is 2.93. The molecule has 3 unspecified atom stereocenters. The Morgan fingerprint density at radius 1 is 1.31 bits per heavy atom. The second-order valence-corrected chi connectivity index (χ2v) is 4.56. The SMILES string of the molecule is CC1CN(C(=O)C2CNCCO2)CC(C)O1. The molecule has 2 aliphatic rings. The molecule has 92 valence electrons. The zero-order chi connectivity index (χ0) is 11.5. The van der Waals surface area contributed by atoms with E-state index in [0.29, 0.717) is 26.2 Å². The molecule has 0 radical (unpaired) electrons. The molecule has 2 saturated heterocycles. The third-order valence-electron chi connectivity index (χ3n) is 2.93. The molecule has 2 aliphatic heterocycles. The van der Waals surface area contributed by atoms with Crippen LogP contribution in [0.4, 0.5) is 0 Å². The lowest BCUT2D eigenvalue weighted by Crippen LogP contribution is -2.55. The van der Waals surface area contributed by atoms with Gasteiger partial charge in [-0.3, -0.25) is 4.79 Å². The Balaban J connectivity index is 1.92. The Morgan fingerprint density at radius 3 is 2.56 bits per heavy atom. The van der Waals surface area contributed by atoms with E-state index in [9.17, 15) is 4.79 Å². The largest absolute Gasteiger partial charge is 0.372 e. The van der Waals surface area contributed by atoms with E-state index in [4.69, 9.17) is 9.47 Å². The second-order valence-electron chi connectivity index (χ2n) is 4.56. The fourth-order valence-corrected chi connectivity index (χ4v) is 2.29. The molecule has 0 aromatic carbocycles. The zero-order valence-corrected chi connectivity index (χ0v) is 9.94. The van der Waals surface area contributed by atoms with Gasteiger partial charge in [0.2, 0.25) is 0 Å². The first-order valence-electron chi connectivity index (χ1n) is 5.93. The molecule has 3 atom stereocenters. The van der Waals surface area contributed by atoms with Crippen molar-refractivity contribution in [1.29, 1.82) is 0 Å². The van der Waals surface area contributed by atoms with Gasteiger partial charge in [-0.2, -0.15) is 0 Å². The molecule has 2 fully saturated rings. The molecular weight excluding hydrogens is 208 g/mol. The van der Waals surface area contributed by atoms with Crippen LogP contribution in [0.1, 0.15) is 13.8 Å². The van der Waals surface area contributed by atoms with E-state index in [-0.39, 0.29) is 24.2 Å². The van der Waals surface area contributed by atoms with E-state index in [0.717, 1.165) is 6.54 Å². The van der Waals surface area contributed by atoms with Gasteiger partial charge in [0, 0.05) is 26.2 Å². The number of amides is 1. The fourth-order valence-electron chi connectivity index (χ4n) is 2.29. The van der Waals surface area contributed by atoms with Crippen LogP contribution in [0, 0.1) is 0 Å². The second kappa shape index (κ2) is 5.12. The summed E-state index contributed by atoms with van der Waals surface area (Å²) in [4.78, 5) is 14.0. The van der Waals surface area contributed by atoms with Gasteiger partial charge in [-0.1, -0.05) is 0 Å². The summed E-state index contributed by atoms with van der Waals surface area (Å²) in [5.74, 6) is 0.0919. The van der Waals surface area contributed by atoms with Gasteiger partial charge in [-0.15, -0.1) is 0 Å². The maximum Gasteiger partial charge on any atom is 0.253 e. The average Bonchev–Trinajstić information content (AvgIpc) is 2.28. The van der Waals surface area contributed by atoms with E-state index in [1.807, 2.05) is 18.7 Å². The predicted molar refractivity (Wildman–Crippen MR) is 59.2 cm³/mol. The van der Waals surface area contributed by atoms with Crippen molar-refractivity contribution in [2.45, 2.75) is 32.2 Å². The van der Waals surface area contributed by atoms with Crippen LogP contribution in [0.2, 0.25) is 0 Å². The summed E-state index contributed by atoms with van der Waals surface area (Å²) in [6, 6.07) is 0. The number of nitrogens with zero attached hydrogens (tertiary/aromatic N) is 1. The summed E-state index contributed by atoms with van der Waals surface area (Å²) in [7, 11) is 0. The lowest BCUT2D eigenvalue weighted by Gasteiger charge is -2.37. The zero-order valence-electron chi connectivity index (χ0n) is 9.94. The summed E-state index contributed by atoms with van der Waals surface area (Å²) in [6.07, 6.45) is -0.0836. The normalized spacial score (nSPS) is 36.1. The highest BCUT2D eigenvalue weighted by atomic mass is 16.5. The van der Waals surface area contributed by atoms with Crippen molar-refractivity contribution in [1.82, 2.24) is 10.2 Å². The van der Waals surface area contributed by atoms with Gasteiger partial charge in [0.15, 0.2) is 0 Å². The van der Waals surface area contributed by atoms with E-state index in [1.54, 1.807) is 0 Å². The molecule has 2 rings (SSSR count). The first kappa shape index (κ1) is 11.8. The first-order chi connectivity index (χ1) is 7.66. The molecule has 0 aromatic heterocycles. The minimum absolute atomic E-state index is 0.0919. The van der Waals surface area contributed by atoms with Crippen LogP contribution in [-0.4, -0.2) is 61.9 Å². The highest BCUT2D eigenvalue weighted by Crippen LogP contribution is 2.13. The summed E-state index contributed by atoms with van der Waals surface area (Å²) in [6.45, 7) is 7.41. The van der Waals surface area contributed by atoms with Crippen molar-refractivity contribution >= 4 is 5.91 Å². The van der Waals surface area contributed by atoms with Crippen LogP contribution in [0.25, 0.3) is 0 Å². The van der Waals surface area contributed by atoms with Gasteiger partial charge in [0.05, 0.1) is 18.8 Å². The predicted octanol–water partition coefficient (Wildman–Crippen LogP) is -0.389. The average molecular weight is 228 g/mol. The monoisotopic (exact) mass is 228 g/mol. The number of nitrogens with one attached hydrogen (secondary N) is 1. The number of hydrogen-bond acceptors (Lipinski definition) is 4. The molecule has 1 N–H and O–H groups in total. The number of carbonyl (C=O) groups is 1. The standard InChI is InChI=1S/C11H20N2O3/c1-8-6-13(7-9(2)16-8)11(14)10-5-12-3-4-15-10/h8-10,12H,3-7H2,1-2H3. The minimum Gasteiger partial charge on any atom is -0.372 e. The van der Waals surface area contributed by atoms with Crippen molar-refractivity contribution in [3.63, 3.8) is 0 Å². The number of morpholine rings is 2. The summed E-state index contributed by atoms with van der Waals surface area (Å²) in [5, 5.41) is 3.17. The molecular formula is C11H20N2O3. The molecule has 1 amide bonds. The first-order valence-corrected chi connectivity index (χ1v) is 5.93. The molecule has 2 heterocycles. The summed E-state index contributed by atoms with van der Waals surface area (Å²) in [5.41, 5.74) is 0. The van der Waals surface area contributed by atoms with Crippen molar-refractivity contribution < 1.29 is 14.3 Å². The smallest absolute Gasteiger partial charge is 0.253 e. The fraction of sp³-hybridized carbons (Fsp3) is 0.909. The topological polar surface area (TPSA) is 50.8 Å². The van der Waals surface area contributed by atoms with Gasteiger partial charge >= 0.3 is 0 Å². The van der Waals surface area contributed by atoms with Crippen LogP contribution in [0.3, 0.4) is 0 Å². The maximum absolute atomic E-state index is 12.1. The number of ether oxygens (including phenoxy) is 2. The quantitative estimate of drug-likeness (QED) is 0.664.